The molecular weight excluding hydrogens is 256 g/mol. The number of hydrogen-bond acceptors (Lipinski definition) is 2. The van der Waals surface area contributed by atoms with Gasteiger partial charge in [-0.05, 0) is 36.5 Å². The van der Waals surface area contributed by atoms with E-state index in [1.54, 1.807) is 6.92 Å². The average Bonchev–Trinajstić information content (AvgIpc) is 2.20. The molecule has 0 spiro atoms. The zero-order valence-electron chi connectivity index (χ0n) is 13.2. The van der Waals surface area contributed by atoms with Crippen molar-refractivity contribution in [2.45, 2.75) is 72.4 Å². The van der Waals surface area contributed by atoms with Crippen LogP contribution in [0, 0.1) is 10.8 Å². The van der Waals surface area contributed by atoms with Crippen LogP contribution in [0.4, 0.5) is 4.79 Å². The standard InChI is InChI=1S/C15H28N2O3/c1-6-11(12(18)19)17-13(20)16-10-7-14(2,3)9-15(4,5)8-10/h10-11H,6-9H2,1-5H3,(H,18,19)(H2,16,17,20). The second-order valence-electron chi connectivity index (χ2n) is 7.53. The summed E-state index contributed by atoms with van der Waals surface area (Å²) >= 11 is 0. The summed E-state index contributed by atoms with van der Waals surface area (Å²) in [6.45, 7) is 10.6. The second-order valence-corrected chi connectivity index (χ2v) is 7.53. The summed E-state index contributed by atoms with van der Waals surface area (Å²) in [6, 6.07) is -1.10. The third-order valence-corrected chi connectivity index (χ3v) is 3.90. The minimum atomic E-state index is -0.994. The van der Waals surface area contributed by atoms with E-state index >= 15 is 0 Å². The van der Waals surface area contributed by atoms with E-state index in [4.69, 9.17) is 5.11 Å². The highest BCUT2D eigenvalue weighted by atomic mass is 16.4. The molecule has 5 nitrogen and oxygen atoms in total. The van der Waals surface area contributed by atoms with Crippen LogP contribution in [0.1, 0.15) is 60.3 Å². The molecule has 0 aromatic rings. The molecule has 0 radical (unpaired) electrons. The summed E-state index contributed by atoms with van der Waals surface area (Å²) in [4.78, 5) is 22.8. The fourth-order valence-corrected chi connectivity index (χ4v) is 3.67. The molecule has 1 rings (SSSR count). The highest BCUT2D eigenvalue weighted by Crippen LogP contribution is 2.45. The summed E-state index contributed by atoms with van der Waals surface area (Å²) in [5.74, 6) is -0.994. The van der Waals surface area contributed by atoms with Gasteiger partial charge in [-0.1, -0.05) is 34.6 Å². The molecular formula is C15H28N2O3. The fourth-order valence-electron chi connectivity index (χ4n) is 3.67. The van der Waals surface area contributed by atoms with Gasteiger partial charge in [-0.3, -0.25) is 0 Å². The number of aliphatic carboxylic acids is 1. The maximum Gasteiger partial charge on any atom is 0.326 e. The first-order valence-corrected chi connectivity index (χ1v) is 7.34. The molecule has 0 aromatic carbocycles. The number of carbonyl (C=O) groups is 2. The van der Waals surface area contributed by atoms with Crippen molar-refractivity contribution in [2.24, 2.45) is 10.8 Å². The Morgan fingerprint density at radius 1 is 1.20 bits per heavy atom. The molecule has 0 saturated heterocycles. The molecule has 20 heavy (non-hydrogen) atoms. The second kappa shape index (κ2) is 6.02. The number of carboxylic acids is 1. The first-order valence-electron chi connectivity index (χ1n) is 7.34. The van der Waals surface area contributed by atoms with E-state index in [2.05, 4.69) is 38.3 Å². The van der Waals surface area contributed by atoms with E-state index < -0.39 is 12.0 Å². The molecule has 0 heterocycles. The van der Waals surface area contributed by atoms with Crippen LogP contribution < -0.4 is 10.6 Å². The van der Waals surface area contributed by atoms with Crippen molar-refractivity contribution >= 4 is 12.0 Å². The summed E-state index contributed by atoms with van der Waals surface area (Å²) in [6.07, 6.45) is 3.36. The van der Waals surface area contributed by atoms with Gasteiger partial charge < -0.3 is 15.7 Å². The van der Waals surface area contributed by atoms with Crippen LogP contribution in [0.15, 0.2) is 0 Å². The van der Waals surface area contributed by atoms with E-state index in [0.29, 0.717) is 6.42 Å². The Balaban J connectivity index is 2.59. The highest BCUT2D eigenvalue weighted by molar-refractivity contribution is 5.82. The van der Waals surface area contributed by atoms with Crippen molar-refractivity contribution in [1.29, 1.82) is 0 Å². The quantitative estimate of drug-likeness (QED) is 0.742. The van der Waals surface area contributed by atoms with Crippen molar-refractivity contribution < 1.29 is 14.7 Å². The third-order valence-electron chi connectivity index (χ3n) is 3.90. The molecule has 116 valence electrons. The molecule has 0 aliphatic heterocycles. The van der Waals surface area contributed by atoms with Gasteiger partial charge in [-0.15, -0.1) is 0 Å². The minimum absolute atomic E-state index is 0.0973. The molecule has 0 bridgehead atoms. The van der Waals surface area contributed by atoms with E-state index in [1.807, 2.05) is 0 Å². The zero-order valence-corrected chi connectivity index (χ0v) is 13.2. The van der Waals surface area contributed by atoms with E-state index in [9.17, 15) is 9.59 Å². The Morgan fingerprint density at radius 2 is 1.70 bits per heavy atom. The molecule has 1 fully saturated rings. The van der Waals surface area contributed by atoms with Crippen LogP contribution in [0.3, 0.4) is 0 Å². The average molecular weight is 284 g/mol. The molecule has 0 aromatic heterocycles. The summed E-state index contributed by atoms with van der Waals surface area (Å²) < 4.78 is 0. The van der Waals surface area contributed by atoms with Gasteiger partial charge in [0.2, 0.25) is 0 Å². The molecule has 1 aliphatic carbocycles. The predicted molar refractivity (Wildman–Crippen MR) is 78.6 cm³/mol. The van der Waals surface area contributed by atoms with Crippen molar-refractivity contribution in [1.82, 2.24) is 10.6 Å². The maximum absolute atomic E-state index is 11.9. The summed E-state index contributed by atoms with van der Waals surface area (Å²) in [5.41, 5.74) is 0.382. The lowest BCUT2D eigenvalue weighted by Gasteiger charge is -2.45. The Labute approximate surface area is 121 Å². The van der Waals surface area contributed by atoms with Crippen LogP contribution in [-0.4, -0.2) is 29.2 Å². The normalized spacial score (nSPS) is 22.9. The van der Waals surface area contributed by atoms with Crippen LogP contribution in [-0.2, 0) is 4.79 Å². The largest absolute Gasteiger partial charge is 0.480 e. The van der Waals surface area contributed by atoms with Gasteiger partial charge >= 0.3 is 12.0 Å². The predicted octanol–water partition coefficient (Wildman–Crippen LogP) is 2.75. The van der Waals surface area contributed by atoms with Gasteiger partial charge in [-0.25, -0.2) is 9.59 Å². The van der Waals surface area contributed by atoms with Crippen LogP contribution in [0.25, 0.3) is 0 Å². The SMILES string of the molecule is CCC(NC(=O)NC1CC(C)(C)CC(C)(C)C1)C(=O)O. The van der Waals surface area contributed by atoms with Crippen molar-refractivity contribution in [3.8, 4) is 0 Å². The molecule has 1 aliphatic rings. The molecule has 3 N–H and O–H groups in total. The van der Waals surface area contributed by atoms with Crippen molar-refractivity contribution in [3.63, 3.8) is 0 Å². The van der Waals surface area contributed by atoms with Gasteiger partial charge in [0.25, 0.3) is 0 Å². The smallest absolute Gasteiger partial charge is 0.326 e. The van der Waals surface area contributed by atoms with E-state index in [-0.39, 0.29) is 22.9 Å². The van der Waals surface area contributed by atoms with Crippen molar-refractivity contribution in [2.75, 3.05) is 0 Å². The lowest BCUT2D eigenvalue weighted by atomic mass is 9.63. The number of hydrogen-bond donors (Lipinski definition) is 3. The van der Waals surface area contributed by atoms with Crippen LogP contribution in [0.5, 0.6) is 0 Å². The maximum atomic E-state index is 11.9. The molecule has 1 atom stereocenters. The molecule has 5 heteroatoms. The van der Waals surface area contributed by atoms with Crippen molar-refractivity contribution in [3.05, 3.63) is 0 Å². The van der Waals surface area contributed by atoms with Gasteiger partial charge in [0.05, 0.1) is 0 Å². The monoisotopic (exact) mass is 284 g/mol. The lowest BCUT2D eigenvalue weighted by Crippen LogP contribution is -2.52. The van der Waals surface area contributed by atoms with Gasteiger partial charge in [-0.2, -0.15) is 0 Å². The zero-order chi connectivity index (χ0) is 15.6. The Hall–Kier alpha value is -1.26. The van der Waals surface area contributed by atoms with Gasteiger partial charge in [0.1, 0.15) is 6.04 Å². The highest BCUT2D eigenvalue weighted by Gasteiger charge is 2.39. The summed E-state index contributed by atoms with van der Waals surface area (Å²) in [7, 11) is 0. The molecule has 1 unspecified atom stereocenters. The lowest BCUT2D eigenvalue weighted by molar-refractivity contribution is -0.139. The number of rotatable bonds is 4. The molecule has 1 saturated carbocycles. The summed E-state index contributed by atoms with van der Waals surface area (Å²) in [5, 5.41) is 14.4. The Morgan fingerprint density at radius 3 is 2.10 bits per heavy atom. The number of urea groups is 1. The third kappa shape index (κ3) is 5.02. The Bertz CT molecular complexity index is 361. The van der Waals surface area contributed by atoms with E-state index in [0.717, 1.165) is 19.3 Å². The topological polar surface area (TPSA) is 78.4 Å². The Kier molecular flexibility index (Phi) is 5.05. The van der Waals surface area contributed by atoms with E-state index in [1.165, 1.54) is 0 Å². The first-order chi connectivity index (χ1) is 9.04. The van der Waals surface area contributed by atoms with Gasteiger partial charge in [0.15, 0.2) is 0 Å². The fraction of sp³-hybridized carbons (Fsp3) is 0.867. The van der Waals surface area contributed by atoms with Crippen LogP contribution in [0.2, 0.25) is 0 Å². The first kappa shape index (κ1) is 16.8. The number of nitrogens with one attached hydrogen (secondary N) is 2. The number of carboxylic acid groups (broad SMARTS) is 1. The number of amides is 2. The molecule has 2 amide bonds. The minimum Gasteiger partial charge on any atom is -0.480 e. The number of carbonyl (C=O) groups excluding carboxylic acids is 1. The van der Waals surface area contributed by atoms with Crippen LogP contribution >= 0.6 is 0 Å². The van der Waals surface area contributed by atoms with Gasteiger partial charge in [0, 0.05) is 6.04 Å².